The van der Waals surface area contributed by atoms with Gasteiger partial charge in [0.2, 0.25) is 0 Å². The molecule has 0 spiro atoms. The van der Waals surface area contributed by atoms with Crippen molar-refractivity contribution < 1.29 is 28.6 Å². The topological polar surface area (TPSA) is 78.9 Å². The lowest BCUT2D eigenvalue weighted by molar-refractivity contribution is -0.158. The van der Waals surface area contributed by atoms with Crippen molar-refractivity contribution in [3.63, 3.8) is 0 Å². The third kappa shape index (κ3) is 7.42. The van der Waals surface area contributed by atoms with E-state index >= 15 is 0 Å². The summed E-state index contributed by atoms with van der Waals surface area (Å²) < 4.78 is 15.2. The first kappa shape index (κ1) is 19.6. The van der Waals surface area contributed by atoms with Crippen molar-refractivity contribution in [1.29, 1.82) is 0 Å². The first-order valence-corrected chi connectivity index (χ1v) is 6.78. The molecule has 0 aromatic carbocycles. The summed E-state index contributed by atoms with van der Waals surface area (Å²) in [4.78, 5) is 33.9. The lowest BCUT2D eigenvalue weighted by atomic mass is 9.88. The van der Waals surface area contributed by atoms with E-state index in [2.05, 4.69) is 19.7 Å². The lowest BCUT2D eigenvalue weighted by Crippen LogP contribution is -2.38. The maximum Gasteiger partial charge on any atom is 0.330 e. The molecule has 0 aliphatic heterocycles. The number of esters is 3. The monoisotopic (exact) mass is 310 g/mol. The Hall–Kier alpha value is -2.37. The number of hydrogen-bond donors (Lipinski definition) is 0. The Kier molecular flexibility index (Phi) is 9.25. The van der Waals surface area contributed by atoms with Crippen LogP contribution in [0, 0.1) is 5.41 Å². The van der Waals surface area contributed by atoms with Crippen LogP contribution in [0.3, 0.4) is 0 Å². The van der Waals surface area contributed by atoms with Gasteiger partial charge in [0, 0.05) is 12.2 Å². The zero-order valence-corrected chi connectivity index (χ0v) is 12.8. The van der Waals surface area contributed by atoms with Gasteiger partial charge in [-0.2, -0.15) is 0 Å². The standard InChI is InChI=1S/C16H22O6/c1-5-9-15(19)22-12-16(8-4,10-20-13(17)6-2)11-21-14(18)7-3/h5-7H,1-3,8-12H2,4H3. The van der Waals surface area contributed by atoms with Crippen molar-refractivity contribution in [3.8, 4) is 0 Å². The summed E-state index contributed by atoms with van der Waals surface area (Å²) in [5.74, 6) is -1.67. The first-order chi connectivity index (χ1) is 10.4. The highest BCUT2D eigenvalue weighted by molar-refractivity contribution is 5.81. The molecule has 22 heavy (non-hydrogen) atoms. The number of ether oxygens (including phenoxy) is 3. The number of hydrogen-bond acceptors (Lipinski definition) is 6. The quantitative estimate of drug-likeness (QED) is 0.251. The molecular formula is C16H22O6. The Morgan fingerprint density at radius 3 is 1.73 bits per heavy atom. The number of carbonyl (C=O) groups excluding carboxylic acids is 3. The summed E-state index contributed by atoms with van der Waals surface area (Å²) in [5, 5.41) is 0. The SMILES string of the molecule is C=CCC(=O)OCC(CC)(COC(=O)C=C)COC(=O)C=C. The average Bonchev–Trinajstić information content (AvgIpc) is 2.54. The van der Waals surface area contributed by atoms with E-state index in [0.717, 1.165) is 12.2 Å². The molecule has 0 aromatic rings. The van der Waals surface area contributed by atoms with E-state index in [0.29, 0.717) is 6.42 Å². The second-order valence-electron chi connectivity index (χ2n) is 4.63. The fourth-order valence-electron chi connectivity index (χ4n) is 1.41. The second kappa shape index (κ2) is 10.4. The van der Waals surface area contributed by atoms with Crippen molar-refractivity contribution in [3.05, 3.63) is 38.0 Å². The Balaban J connectivity index is 4.87. The van der Waals surface area contributed by atoms with Gasteiger partial charge < -0.3 is 14.2 Å². The van der Waals surface area contributed by atoms with Crippen LogP contribution in [0.1, 0.15) is 19.8 Å². The largest absolute Gasteiger partial charge is 0.465 e. The molecule has 6 heteroatoms. The second-order valence-corrected chi connectivity index (χ2v) is 4.63. The van der Waals surface area contributed by atoms with Gasteiger partial charge in [-0.15, -0.1) is 6.58 Å². The van der Waals surface area contributed by atoms with E-state index in [9.17, 15) is 14.4 Å². The molecule has 0 saturated heterocycles. The first-order valence-electron chi connectivity index (χ1n) is 6.78. The highest BCUT2D eigenvalue weighted by atomic mass is 16.6. The molecule has 0 radical (unpaired) electrons. The molecule has 0 bridgehead atoms. The van der Waals surface area contributed by atoms with Crippen LogP contribution < -0.4 is 0 Å². The lowest BCUT2D eigenvalue weighted by Gasteiger charge is -2.30. The molecule has 0 heterocycles. The zero-order valence-electron chi connectivity index (χ0n) is 12.8. The van der Waals surface area contributed by atoms with Gasteiger partial charge in [0.05, 0.1) is 11.8 Å². The van der Waals surface area contributed by atoms with Crippen molar-refractivity contribution in [2.24, 2.45) is 5.41 Å². The molecule has 0 aliphatic carbocycles. The fourth-order valence-corrected chi connectivity index (χ4v) is 1.41. The summed E-state index contributed by atoms with van der Waals surface area (Å²) in [5.41, 5.74) is -0.825. The van der Waals surface area contributed by atoms with Gasteiger partial charge in [-0.3, -0.25) is 4.79 Å². The number of carbonyl (C=O) groups is 3. The molecule has 0 saturated carbocycles. The van der Waals surface area contributed by atoms with Gasteiger partial charge in [0.1, 0.15) is 19.8 Å². The van der Waals surface area contributed by atoms with Crippen molar-refractivity contribution in [2.45, 2.75) is 19.8 Å². The van der Waals surface area contributed by atoms with E-state index in [1.54, 1.807) is 0 Å². The van der Waals surface area contributed by atoms with E-state index < -0.39 is 23.3 Å². The molecular weight excluding hydrogens is 288 g/mol. The molecule has 0 unspecified atom stereocenters. The molecule has 0 aromatic heterocycles. The smallest absolute Gasteiger partial charge is 0.330 e. The van der Waals surface area contributed by atoms with Gasteiger partial charge >= 0.3 is 17.9 Å². The van der Waals surface area contributed by atoms with E-state index in [1.165, 1.54) is 6.08 Å². The minimum Gasteiger partial charge on any atom is -0.465 e. The van der Waals surface area contributed by atoms with Gasteiger partial charge in [-0.25, -0.2) is 9.59 Å². The van der Waals surface area contributed by atoms with Crippen LogP contribution in [-0.4, -0.2) is 37.7 Å². The third-order valence-corrected chi connectivity index (χ3v) is 2.97. The summed E-state index contributed by atoms with van der Waals surface area (Å²) in [6.45, 7) is 11.7. The number of rotatable bonds is 11. The molecule has 0 amide bonds. The highest BCUT2D eigenvalue weighted by Crippen LogP contribution is 2.24. The summed E-state index contributed by atoms with van der Waals surface area (Å²) in [6.07, 6.45) is 4.01. The van der Waals surface area contributed by atoms with Crippen LogP contribution in [0.15, 0.2) is 38.0 Å². The molecule has 0 fully saturated rings. The van der Waals surface area contributed by atoms with E-state index in [4.69, 9.17) is 14.2 Å². The molecule has 122 valence electrons. The Bertz CT molecular complexity index is 414. The molecule has 0 atom stereocenters. The van der Waals surface area contributed by atoms with Crippen LogP contribution in [-0.2, 0) is 28.6 Å². The Morgan fingerprint density at radius 1 is 0.909 bits per heavy atom. The van der Waals surface area contributed by atoms with Crippen molar-refractivity contribution in [1.82, 2.24) is 0 Å². The third-order valence-electron chi connectivity index (χ3n) is 2.97. The summed E-state index contributed by atoms with van der Waals surface area (Å²) in [7, 11) is 0. The van der Waals surface area contributed by atoms with Crippen LogP contribution in [0.5, 0.6) is 0 Å². The maximum atomic E-state index is 11.5. The van der Waals surface area contributed by atoms with Gasteiger partial charge in [0.15, 0.2) is 0 Å². The Labute approximate surface area is 130 Å². The molecule has 0 rings (SSSR count). The van der Waals surface area contributed by atoms with Crippen LogP contribution in [0.2, 0.25) is 0 Å². The van der Waals surface area contributed by atoms with Crippen LogP contribution >= 0.6 is 0 Å². The van der Waals surface area contributed by atoms with Crippen molar-refractivity contribution >= 4 is 17.9 Å². The Morgan fingerprint density at radius 2 is 1.36 bits per heavy atom. The maximum absolute atomic E-state index is 11.5. The van der Waals surface area contributed by atoms with Gasteiger partial charge in [0.25, 0.3) is 0 Å². The zero-order chi connectivity index (χ0) is 17.0. The summed E-state index contributed by atoms with van der Waals surface area (Å²) >= 11 is 0. The average molecular weight is 310 g/mol. The minimum atomic E-state index is -0.825. The predicted octanol–water partition coefficient (Wildman–Crippen LogP) is 1.96. The summed E-state index contributed by atoms with van der Waals surface area (Å²) in [6, 6.07) is 0. The molecule has 0 aliphatic rings. The van der Waals surface area contributed by atoms with Crippen LogP contribution in [0.25, 0.3) is 0 Å². The van der Waals surface area contributed by atoms with Crippen molar-refractivity contribution in [2.75, 3.05) is 19.8 Å². The van der Waals surface area contributed by atoms with E-state index in [-0.39, 0.29) is 26.2 Å². The minimum absolute atomic E-state index is 0.0506. The van der Waals surface area contributed by atoms with E-state index in [1.807, 2.05) is 6.92 Å². The highest BCUT2D eigenvalue weighted by Gasteiger charge is 2.33. The van der Waals surface area contributed by atoms with Gasteiger partial charge in [-0.05, 0) is 6.42 Å². The predicted molar refractivity (Wildman–Crippen MR) is 80.8 cm³/mol. The molecule has 6 nitrogen and oxygen atoms in total. The van der Waals surface area contributed by atoms with Gasteiger partial charge in [-0.1, -0.05) is 26.2 Å². The normalized spacial score (nSPS) is 10.2. The molecule has 0 N–H and O–H groups in total. The van der Waals surface area contributed by atoms with Crippen LogP contribution in [0.4, 0.5) is 0 Å². The fraction of sp³-hybridized carbons (Fsp3) is 0.438.